The van der Waals surface area contributed by atoms with E-state index < -0.39 is 0 Å². The minimum atomic E-state index is -0.216. The van der Waals surface area contributed by atoms with Crippen LogP contribution in [0.25, 0.3) is 0 Å². The van der Waals surface area contributed by atoms with Crippen molar-refractivity contribution in [2.24, 2.45) is 5.41 Å². The number of aryl methyl sites for hydroxylation is 1. The lowest BCUT2D eigenvalue weighted by molar-refractivity contribution is -0.133. The Balaban J connectivity index is 2.05. The molecule has 21 heavy (non-hydrogen) atoms. The molecule has 1 amide bonds. The van der Waals surface area contributed by atoms with Crippen LogP contribution in [0.5, 0.6) is 0 Å². The summed E-state index contributed by atoms with van der Waals surface area (Å²) in [6.45, 7) is 8.15. The third-order valence-electron chi connectivity index (χ3n) is 4.61. The third-order valence-corrected chi connectivity index (χ3v) is 4.61. The number of hydrogen-bond donors (Lipinski definition) is 2. The maximum absolute atomic E-state index is 12.8. The third kappa shape index (κ3) is 3.85. The largest absolute Gasteiger partial charge is 0.349 e. The topological polar surface area (TPSA) is 41.1 Å². The van der Waals surface area contributed by atoms with Gasteiger partial charge in [-0.3, -0.25) is 4.79 Å². The zero-order valence-corrected chi connectivity index (χ0v) is 13.5. The number of benzene rings is 1. The van der Waals surface area contributed by atoms with Crippen molar-refractivity contribution in [1.82, 2.24) is 10.6 Å². The average molecular weight is 288 g/mol. The SMILES string of the molecule is CCCC1(C(=O)NC(C)c2ccc(C)cc2)CCCNC1. The van der Waals surface area contributed by atoms with E-state index in [1.165, 1.54) is 11.1 Å². The molecule has 0 spiro atoms. The van der Waals surface area contributed by atoms with Crippen LogP contribution in [0.4, 0.5) is 0 Å². The predicted molar refractivity (Wildman–Crippen MR) is 87.2 cm³/mol. The minimum Gasteiger partial charge on any atom is -0.349 e. The van der Waals surface area contributed by atoms with Crippen LogP contribution in [0.3, 0.4) is 0 Å². The Labute approximate surface area is 128 Å². The molecule has 3 heteroatoms. The van der Waals surface area contributed by atoms with Crippen molar-refractivity contribution in [3.05, 3.63) is 35.4 Å². The Bertz CT molecular complexity index is 455. The van der Waals surface area contributed by atoms with Gasteiger partial charge in [-0.2, -0.15) is 0 Å². The van der Waals surface area contributed by atoms with Gasteiger partial charge in [0.15, 0.2) is 0 Å². The quantitative estimate of drug-likeness (QED) is 0.872. The van der Waals surface area contributed by atoms with Crippen LogP contribution in [0, 0.1) is 12.3 Å². The Morgan fingerprint density at radius 2 is 2.10 bits per heavy atom. The van der Waals surface area contributed by atoms with Crippen LogP contribution in [0.1, 0.15) is 56.7 Å². The molecule has 2 unspecified atom stereocenters. The van der Waals surface area contributed by atoms with E-state index in [0.29, 0.717) is 0 Å². The van der Waals surface area contributed by atoms with Crippen molar-refractivity contribution in [3.8, 4) is 0 Å². The molecule has 1 heterocycles. The molecule has 3 nitrogen and oxygen atoms in total. The fourth-order valence-corrected chi connectivity index (χ4v) is 3.26. The fourth-order valence-electron chi connectivity index (χ4n) is 3.26. The van der Waals surface area contributed by atoms with Gasteiger partial charge in [0.05, 0.1) is 11.5 Å². The lowest BCUT2D eigenvalue weighted by atomic mass is 9.76. The maximum atomic E-state index is 12.8. The van der Waals surface area contributed by atoms with E-state index >= 15 is 0 Å². The van der Waals surface area contributed by atoms with E-state index in [2.05, 4.69) is 55.7 Å². The summed E-state index contributed by atoms with van der Waals surface area (Å²) in [5, 5.41) is 6.63. The summed E-state index contributed by atoms with van der Waals surface area (Å²) in [5.41, 5.74) is 2.20. The summed E-state index contributed by atoms with van der Waals surface area (Å²) >= 11 is 0. The number of nitrogens with one attached hydrogen (secondary N) is 2. The van der Waals surface area contributed by atoms with Crippen molar-refractivity contribution >= 4 is 5.91 Å². The van der Waals surface area contributed by atoms with Gasteiger partial charge in [0.25, 0.3) is 0 Å². The molecule has 0 aliphatic carbocycles. The van der Waals surface area contributed by atoms with Gasteiger partial charge in [0.1, 0.15) is 0 Å². The molecule has 1 aromatic rings. The number of rotatable bonds is 5. The highest BCUT2D eigenvalue weighted by Crippen LogP contribution is 2.32. The summed E-state index contributed by atoms with van der Waals surface area (Å²) in [7, 11) is 0. The molecule has 1 aromatic carbocycles. The first-order valence-electron chi connectivity index (χ1n) is 8.16. The second kappa shape index (κ2) is 7.08. The summed E-state index contributed by atoms with van der Waals surface area (Å²) in [6, 6.07) is 8.47. The second-order valence-corrected chi connectivity index (χ2v) is 6.42. The van der Waals surface area contributed by atoms with Crippen LogP contribution in [0.15, 0.2) is 24.3 Å². The molecule has 2 rings (SSSR count). The Hall–Kier alpha value is -1.35. The first-order chi connectivity index (χ1) is 10.1. The molecule has 0 radical (unpaired) electrons. The summed E-state index contributed by atoms with van der Waals surface area (Å²) in [4.78, 5) is 12.8. The van der Waals surface area contributed by atoms with E-state index in [1.807, 2.05) is 0 Å². The number of carbonyl (C=O) groups is 1. The Morgan fingerprint density at radius 1 is 1.38 bits per heavy atom. The first kappa shape index (κ1) is 16.0. The molecule has 2 atom stereocenters. The Morgan fingerprint density at radius 3 is 2.67 bits per heavy atom. The number of hydrogen-bond acceptors (Lipinski definition) is 2. The van der Waals surface area contributed by atoms with E-state index in [9.17, 15) is 4.79 Å². The maximum Gasteiger partial charge on any atom is 0.227 e. The average Bonchev–Trinajstić information content (AvgIpc) is 2.49. The standard InChI is InChI=1S/C18H28N2O/c1-4-10-18(11-5-12-19-13-18)17(21)20-15(3)16-8-6-14(2)7-9-16/h6-9,15,19H,4-5,10-13H2,1-3H3,(H,20,21). The van der Waals surface area contributed by atoms with Crippen molar-refractivity contribution in [2.45, 2.75) is 52.5 Å². The summed E-state index contributed by atoms with van der Waals surface area (Å²) in [6.07, 6.45) is 4.10. The molecule has 1 aliphatic rings. The predicted octanol–water partition coefficient (Wildman–Crippen LogP) is 3.34. The van der Waals surface area contributed by atoms with Gasteiger partial charge in [0.2, 0.25) is 5.91 Å². The van der Waals surface area contributed by atoms with Crippen LogP contribution in [0.2, 0.25) is 0 Å². The van der Waals surface area contributed by atoms with Gasteiger partial charge in [-0.25, -0.2) is 0 Å². The van der Waals surface area contributed by atoms with E-state index in [0.717, 1.165) is 38.8 Å². The molecular formula is C18H28N2O. The van der Waals surface area contributed by atoms with Crippen LogP contribution < -0.4 is 10.6 Å². The normalized spacial score (nSPS) is 23.6. The van der Waals surface area contributed by atoms with Gasteiger partial charge < -0.3 is 10.6 Å². The van der Waals surface area contributed by atoms with Crippen LogP contribution >= 0.6 is 0 Å². The highest BCUT2D eigenvalue weighted by atomic mass is 16.2. The number of amides is 1. The van der Waals surface area contributed by atoms with Gasteiger partial charge >= 0.3 is 0 Å². The summed E-state index contributed by atoms with van der Waals surface area (Å²) < 4.78 is 0. The lowest BCUT2D eigenvalue weighted by Gasteiger charge is -2.37. The van der Waals surface area contributed by atoms with Gasteiger partial charge in [0, 0.05) is 6.54 Å². The first-order valence-corrected chi connectivity index (χ1v) is 8.16. The van der Waals surface area contributed by atoms with Gasteiger partial charge in [-0.15, -0.1) is 0 Å². The number of piperidine rings is 1. The molecule has 1 fully saturated rings. The van der Waals surface area contributed by atoms with Crippen molar-refractivity contribution in [3.63, 3.8) is 0 Å². The van der Waals surface area contributed by atoms with E-state index in [1.54, 1.807) is 0 Å². The van der Waals surface area contributed by atoms with E-state index in [4.69, 9.17) is 0 Å². The summed E-state index contributed by atoms with van der Waals surface area (Å²) in [5.74, 6) is 0.213. The van der Waals surface area contributed by atoms with Crippen molar-refractivity contribution in [2.75, 3.05) is 13.1 Å². The van der Waals surface area contributed by atoms with E-state index in [-0.39, 0.29) is 17.4 Å². The molecular weight excluding hydrogens is 260 g/mol. The molecule has 1 aliphatic heterocycles. The molecule has 0 aromatic heterocycles. The zero-order chi connectivity index (χ0) is 15.3. The zero-order valence-electron chi connectivity index (χ0n) is 13.5. The van der Waals surface area contributed by atoms with Gasteiger partial charge in [-0.1, -0.05) is 43.2 Å². The minimum absolute atomic E-state index is 0.0637. The molecule has 0 saturated carbocycles. The molecule has 0 bridgehead atoms. The molecule has 116 valence electrons. The second-order valence-electron chi connectivity index (χ2n) is 6.42. The van der Waals surface area contributed by atoms with Crippen molar-refractivity contribution < 1.29 is 4.79 Å². The van der Waals surface area contributed by atoms with Crippen LogP contribution in [-0.2, 0) is 4.79 Å². The highest BCUT2D eigenvalue weighted by molar-refractivity contribution is 5.83. The lowest BCUT2D eigenvalue weighted by Crippen LogP contribution is -2.50. The Kier molecular flexibility index (Phi) is 5.40. The smallest absolute Gasteiger partial charge is 0.227 e. The highest BCUT2D eigenvalue weighted by Gasteiger charge is 2.39. The fraction of sp³-hybridized carbons (Fsp3) is 0.611. The number of carbonyl (C=O) groups excluding carboxylic acids is 1. The monoisotopic (exact) mass is 288 g/mol. The van der Waals surface area contributed by atoms with Gasteiger partial charge in [-0.05, 0) is 45.2 Å². The molecule has 1 saturated heterocycles. The van der Waals surface area contributed by atoms with Crippen LogP contribution in [-0.4, -0.2) is 19.0 Å². The van der Waals surface area contributed by atoms with Crippen molar-refractivity contribution in [1.29, 1.82) is 0 Å². The molecule has 2 N–H and O–H groups in total.